The maximum Gasteiger partial charge on any atom is 0.271 e. The highest BCUT2D eigenvalue weighted by Gasteiger charge is 2.31. The highest BCUT2D eigenvalue weighted by molar-refractivity contribution is 7.91. The molecule has 0 spiro atoms. The number of hydrogen-bond acceptors (Lipinski definition) is 5. The first-order chi connectivity index (χ1) is 12.4. The van der Waals surface area contributed by atoms with Crippen LogP contribution in [0.25, 0.3) is 0 Å². The van der Waals surface area contributed by atoms with Gasteiger partial charge >= 0.3 is 0 Å². The van der Waals surface area contributed by atoms with Gasteiger partial charge in [0.15, 0.2) is 9.84 Å². The van der Waals surface area contributed by atoms with Gasteiger partial charge in [0.05, 0.1) is 24.7 Å². The van der Waals surface area contributed by atoms with Crippen molar-refractivity contribution >= 4 is 15.7 Å². The van der Waals surface area contributed by atoms with Crippen LogP contribution in [0.1, 0.15) is 34.2 Å². The normalized spacial score (nSPS) is 18.6. The number of sulfone groups is 1. The molecular weight excluding hydrogens is 354 g/mol. The number of benzene rings is 1. The lowest BCUT2D eigenvalue weighted by Crippen LogP contribution is -2.26. The summed E-state index contributed by atoms with van der Waals surface area (Å²) in [6.45, 7) is 2.30. The number of aryl methyl sites for hydroxylation is 1. The first kappa shape index (κ1) is 18.4. The molecule has 1 amide bonds. The lowest BCUT2D eigenvalue weighted by Gasteiger charge is -2.10. The molecule has 1 atom stereocenters. The van der Waals surface area contributed by atoms with E-state index in [0.717, 1.165) is 17.0 Å². The highest BCUT2D eigenvalue weighted by Crippen LogP contribution is 2.24. The van der Waals surface area contributed by atoms with Crippen LogP contribution in [0.4, 0.5) is 0 Å². The van der Waals surface area contributed by atoms with Gasteiger partial charge in [-0.25, -0.2) is 8.42 Å². The van der Waals surface area contributed by atoms with Gasteiger partial charge in [0.1, 0.15) is 11.4 Å². The van der Waals surface area contributed by atoms with Gasteiger partial charge in [-0.15, -0.1) is 0 Å². The molecule has 0 saturated carbocycles. The molecule has 140 valence electrons. The zero-order chi connectivity index (χ0) is 18.7. The number of ether oxygens (including phenoxy) is 1. The Labute approximate surface area is 153 Å². The Bertz CT molecular complexity index is 905. The molecule has 2 heterocycles. The van der Waals surface area contributed by atoms with E-state index in [4.69, 9.17) is 4.74 Å². The summed E-state index contributed by atoms with van der Waals surface area (Å²) in [5.41, 5.74) is 2.13. The topological polar surface area (TPSA) is 90.3 Å². The molecule has 7 nitrogen and oxygen atoms in total. The van der Waals surface area contributed by atoms with Crippen LogP contribution in [0.2, 0.25) is 0 Å². The Balaban J connectivity index is 1.61. The van der Waals surface area contributed by atoms with Crippen LogP contribution < -0.4 is 10.1 Å². The van der Waals surface area contributed by atoms with Gasteiger partial charge in [-0.3, -0.25) is 9.48 Å². The number of carbonyl (C=O) groups is 1. The van der Waals surface area contributed by atoms with Gasteiger partial charge in [0.2, 0.25) is 0 Å². The van der Waals surface area contributed by atoms with Crippen molar-refractivity contribution in [3.05, 3.63) is 47.3 Å². The molecule has 0 radical (unpaired) electrons. The molecule has 2 aromatic rings. The largest absolute Gasteiger partial charge is 0.496 e. The zero-order valence-corrected chi connectivity index (χ0v) is 15.8. The summed E-state index contributed by atoms with van der Waals surface area (Å²) in [6, 6.07) is 9.20. The quantitative estimate of drug-likeness (QED) is 0.825. The van der Waals surface area contributed by atoms with Gasteiger partial charge in [-0.05, 0) is 37.5 Å². The first-order valence-corrected chi connectivity index (χ1v) is 10.4. The average molecular weight is 377 g/mol. The number of hydrogen-bond donors (Lipinski definition) is 1. The number of amides is 1. The van der Waals surface area contributed by atoms with E-state index in [0.29, 0.717) is 25.1 Å². The predicted octanol–water partition coefficient (Wildman–Crippen LogP) is 1.53. The van der Waals surface area contributed by atoms with Crippen LogP contribution in [0.5, 0.6) is 5.75 Å². The van der Waals surface area contributed by atoms with Crippen molar-refractivity contribution in [2.24, 2.45) is 0 Å². The summed E-state index contributed by atoms with van der Waals surface area (Å²) >= 11 is 0. The van der Waals surface area contributed by atoms with E-state index in [-0.39, 0.29) is 23.5 Å². The average Bonchev–Trinajstić information content (AvgIpc) is 3.17. The number of para-hydroxylation sites is 1. The van der Waals surface area contributed by atoms with E-state index >= 15 is 0 Å². The van der Waals surface area contributed by atoms with Gasteiger partial charge in [0, 0.05) is 12.2 Å². The molecule has 1 unspecified atom stereocenters. The molecule has 1 aromatic heterocycles. The van der Waals surface area contributed by atoms with Crippen molar-refractivity contribution in [2.75, 3.05) is 25.2 Å². The van der Waals surface area contributed by atoms with Crippen LogP contribution >= 0.6 is 0 Å². The Kier molecular flexibility index (Phi) is 5.31. The van der Waals surface area contributed by atoms with Gasteiger partial charge in [-0.2, -0.15) is 5.10 Å². The molecule has 0 aliphatic carbocycles. The van der Waals surface area contributed by atoms with Gasteiger partial charge in [-0.1, -0.05) is 18.2 Å². The summed E-state index contributed by atoms with van der Waals surface area (Å²) in [6.07, 6.45) is 1.19. The van der Waals surface area contributed by atoms with Gasteiger partial charge < -0.3 is 10.1 Å². The summed E-state index contributed by atoms with van der Waals surface area (Å²) in [5.74, 6) is 0.800. The number of methoxy groups -OCH3 is 1. The van der Waals surface area contributed by atoms with Crippen molar-refractivity contribution < 1.29 is 17.9 Å². The minimum Gasteiger partial charge on any atom is -0.496 e. The Morgan fingerprint density at radius 1 is 1.38 bits per heavy atom. The molecule has 0 bridgehead atoms. The number of nitrogens with one attached hydrogen (secondary N) is 1. The molecule has 26 heavy (non-hydrogen) atoms. The molecule has 1 aromatic carbocycles. The summed E-state index contributed by atoms with van der Waals surface area (Å²) in [7, 11) is -1.37. The lowest BCUT2D eigenvalue weighted by atomic mass is 10.1. The molecule has 1 N–H and O–H groups in total. The Morgan fingerprint density at radius 2 is 2.15 bits per heavy atom. The molecular formula is C18H23N3O4S. The molecule has 1 saturated heterocycles. The van der Waals surface area contributed by atoms with Crippen LogP contribution in [0, 0.1) is 6.92 Å². The minimum atomic E-state index is -3.00. The van der Waals surface area contributed by atoms with Crippen LogP contribution in [0.3, 0.4) is 0 Å². The third kappa shape index (κ3) is 4.07. The van der Waals surface area contributed by atoms with E-state index in [1.807, 2.05) is 31.2 Å². The summed E-state index contributed by atoms with van der Waals surface area (Å²) in [5, 5.41) is 7.19. The van der Waals surface area contributed by atoms with Crippen molar-refractivity contribution in [2.45, 2.75) is 25.8 Å². The van der Waals surface area contributed by atoms with Crippen molar-refractivity contribution in [1.82, 2.24) is 15.1 Å². The van der Waals surface area contributed by atoms with E-state index < -0.39 is 9.84 Å². The highest BCUT2D eigenvalue weighted by atomic mass is 32.2. The molecule has 1 fully saturated rings. The van der Waals surface area contributed by atoms with Crippen molar-refractivity contribution in [3.63, 3.8) is 0 Å². The standard InChI is InChI=1S/C18H23N3O4S/c1-13-11-16(20-21(13)15-8-10-26(23,24)12-15)18(22)19-9-7-14-5-3-4-6-17(14)25-2/h3-6,11,15H,7-10,12H2,1-2H3,(H,19,22). The number of nitrogens with zero attached hydrogens (tertiary/aromatic N) is 2. The zero-order valence-electron chi connectivity index (χ0n) is 14.9. The lowest BCUT2D eigenvalue weighted by molar-refractivity contribution is 0.0948. The van der Waals surface area contributed by atoms with Crippen LogP contribution in [0.15, 0.2) is 30.3 Å². The fourth-order valence-electron chi connectivity index (χ4n) is 3.25. The number of carbonyl (C=O) groups excluding carboxylic acids is 1. The molecule has 1 aliphatic rings. The predicted molar refractivity (Wildman–Crippen MR) is 98.3 cm³/mol. The van der Waals surface area contributed by atoms with Crippen molar-refractivity contribution in [1.29, 1.82) is 0 Å². The van der Waals surface area contributed by atoms with Gasteiger partial charge in [0.25, 0.3) is 5.91 Å². The first-order valence-electron chi connectivity index (χ1n) is 8.56. The fraction of sp³-hybridized carbons (Fsp3) is 0.444. The van der Waals surface area contributed by atoms with E-state index in [1.165, 1.54) is 0 Å². The van der Waals surface area contributed by atoms with E-state index in [1.54, 1.807) is 17.9 Å². The molecule has 3 rings (SSSR count). The maximum atomic E-state index is 12.4. The number of rotatable bonds is 6. The third-order valence-corrected chi connectivity index (χ3v) is 6.33. The maximum absolute atomic E-state index is 12.4. The summed E-state index contributed by atoms with van der Waals surface area (Å²) < 4.78 is 30.3. The van der Waals surface area contributed by atoms with E-state index in [2.05, 4.69) is 10.4 Å². The smallest absolute Gasteiger partial charge is 0.271 e. The van der Waals surface area contributed by atoms with Crippen LogP contribution in [-0.2, 0) is 16.3 Å². The van der Waals surface area contributed by atoms with Crippen LogP contribution in [-0.4, -0.2) is 49.3 Å². The second kappa shape index (κ2) is 7.49. The second-order valence-corrected chi connectivity index (χ2v) is 8.72. The monoisotopic (exact) mass is 377 g/mol. The SMILES string of the molecule is COc1ccccc1CCNC(=O)c1cc(C)n(C2CCS(=O)(=O)C2)n1. The third-order valence-electron chi connectivity index (χ3n) is 4.58. The Hall–Kier alpha value is -2.35. The second-order valence-electron chi connectivity index (χ2n) is 6.49. The van der Waals surface area contributed by atoms with Crippen molar-refractivity contribution in [3.8, 4) is 5.75 Å². The summed E-state index contributed by atoms with van der Waals surface area (Å²) in [4.78, 5) is 12.4. The fourth-order valence-corrected chi connectivity index (χ4v) is 4.94. The molecule has 8 heteroatoms. The Morgan fingerprint density at radius 3 is 2.85 bits per heavy atom. The minimum absolute atomic E-state index is 0.0877. The molecule has 1 aliphatic heterocycles. The number of aromatic nitrogens is 2. The van der Waals surface area contributed by atoms with E-state index in [9.17, 15) is 13.2 Å².